The van der Waals surface area contributed by atoms with Gasteiger partial charge in [-0.1, -0.05) is 0 Å². The van der Waals surface area contributed by atoms with Crippen LogP contribution in [-0.4, -0.2) is 9.52 Å². The zero-order valence-corrected chi connectivity index (χ0v) is 46.9. The Balaban J connectivity index is 1.24. The van der Waals surface area contributed by atoms with Crippen molar-refractivity contribution in [3.8, 4) is 55.6 Å². The van der Waals surface area contributed by atoms with Gasteiger partial charge in [-0.3, -0.25) is 0 Å². The van der Waals surface area contributed by atoms with Crippen molar-refractivity contribution in [2.45, 2.75) is 74.5 Å². The van der Waals surface area contributed by atoms with Gasteiger partial charge in [0.2, 0.25) is 0 Å². The minimum absolute atomic E-state index is 0.155. The molecule has 11 rings (SSSR count). The van der Waals surface area contributed by atoms with E-state index in [0.717, 1.165) is 25.7 Å². The van der Waals surface area contributed by atoms with Gasteiger partial charge in [-0.2, -0.15) is 0 Å². The first-order valence-electron chi connectivity index (χ1n) is 25.8. The fraction of sp³-hybridized carbons (Fsp3) is 0.212. The van der Waals surface area contributed by atoms with Gasteiger partial charge < -0.3 is 0 Å². The third-order valence-electron chi connectivity index (χ3n) is 15.8. The Kier molecular flexibility index (Phi) is 12.7. The summed E-state index contributed by atoms with van der Waals surface area (Å²) < 4.78 is 0.983. The molecule has 3 aliphatic rings. The van der Waals surface area contributed by atoms with Crippen LogP contribution in [0.25, 0.3) is 67.8 Å². The summed E-state index contributed by atoms with van der Waals surface area (Å²) in [4.78, 5) is 0. The minimum atomic E-state index is -5.87. The molecule has 1 heterocycles. The van der Waals surface area contributed by atoms with Crippen molar-refractivity contribution in [2.75, 3.05) is 0 Å². The number of hydrogen-bond acceptors (Lipinski definition) is 0. The third-order valence-corrected chi connectivity index (χ3v) is 38.6. The summed E-state index contributed by atoms with van der Waals surface area (Å²) in [5.41, 5.74) is 23.6. The van der Waals surface area contributed by atoms with E-state index in [4.69, 9.17) is 0 Å². The number of aryl methyl sites for hydroxylation is 2. The molecule has 349 valence electrons. The van der Waals surface area contributed by atoms with Crippen molar-refractivity contribution in [2.24, 2.45) is 11.8 Å². The normalized spacial score (nSPS) is 16.7. The summed E-state index contributed by atoms with van der Waals surface area (Å²) in [7, 11) is 18.4. The van der Waals surface area contributed by atoms with Crippen molar-refractivity contribution >= 4 is 52.3 Å². The summed E-state index contributed by atoms with van der Waals surface area (Å²) in [5, 5.41) is 2.96. The molecule has 2 aliphatic carbocycles. The van der Waals surface area contributed by atoms with Gasteiger partial charge >= 0.3 is 431 Å². The van der Waals surface area contributed by atoms with E-state index in [0.29, 0.717) is 11.8 Å². The van der Waals surface area contributed by atoms with Gasteiger partial charge in [-0.05, 0) is 0 Å². The van der Waals surface area contributed by atoms with Crippen LogP contribution >= 0.6 is 17.0 Å². The molecule has 2 unspecified atom stereocenters. The van der Waals surface area contributed by atoms with E-state index in [1.54, 1.807) is 0 Å². The van der Waals surface area contributed by atoms with E-state index in [9.17, 15) is 17.0 Å². The first kappa shape index (κ1) is 47.3. The van der Waals surface area contributed by atoms with Gasteiger partial charge in [0, 0.05) is 0 Å². The van der Waals surface area contributed by atoms with Crippen LogP contribution in [0.3, 0.4) is 0 Å². The second kappa shape index (κ2) is 18.8. The number of hydrogen-bond donors (Lipinski definition) is 0. The molecule has 0 amide bonds. The number of halogens is 2. The topological polar surface area (TPSA) is 0 Å². The van der Waals surface area contributed by atoms with Crippen LogP contribution in [-0.2, 0) is 29.2 Å². The molecule has 0 saturated carbocycles. The maximum absolute atomic E-state index is 9.69. The second-order valence-corrected chi connectivity index (χ2v) is 43.5. The van der Waals surface area contributed by atoms with Crippen molar-refractivity contribution < 1.29 is 16.4 Å². The average molecular weight is 1050 g/mol. The van der Waals surface area contributed by atoms with Gasteiger partial charge in [-0.15, -0.1) is 0 Å². The summed E-state index contributed by atoms with van der Waals surface area (Å²) in [6.07, 6.45) is 8.86. The first-order chi connectivity index (χ1) is 34.0. The number of benzene rings is 8. The van der Waals surface area contributed by atoms with Gasteiger partial charge in [0.1, 0.15) is 0 Å². The Morgan fingerprint density at radius 2 is 0.857 bits per heavy atom. The number of fused-ring (bicyclic) bond motifs is 5. The Labute approximate surface area is 427 Å². The van der Waals surface area contributed by atoms with Gasteiger partial charge in [0.05, 0.1) is 0 Å². The molecule has 0 aromatic heterocycles. The third kappa shape index (κ3) is 7.80. The van der Waals surface area contributed by atoms with E-state index in [1.165, 1.54) is 114 Å². The quantitative estimate of drug-likeness (QED) is 0.101. The predicted molar refractivity (Wildman–Crippen MR) is 305 cm³/mol. The molecule has 2 atom stereocenters. The van der Waals surface area contributed by atoms with Crippen molar-refractivity contribution in [1.29, 1.82) is 0 Å². The predicted octanol–water partition coefficient (Wildman–Crippen LogP) is 16.6. The standard InChI is InChI=1S/2C27H27.C12H9Si.2ClH.Zr/c2*1-4-21-14-15-23-17-20(16-19(2)3)18-26(23)27(21)25-13-9-8-12-24(25)22-10-6-5-7-11-22;1-3-7-11-9(5-1)10-6-2-4-8-12(10)13-11;;;/h2*5-15,17-19H,4,16H2,1-3H3;1-7H,13H2;2*1H;/q;;;;;+2/p-2. The van der Waals surface area contributed by atoms with Crippen molar-refractivity contribution in [3.63, 3.8) is 0 Å². The van der Waals surface area contributed by atoms with E-state index < -0.39 is 25.9 Å². The average Bonchev–Trinajstić information content (AvgIpc) is 4.07. The fourth-order valence-electron chi connectivity index (χ4n) is 13.1. The molecule has 0 nitrogen and oxygen atoms in total. The molecule has 70 heavy (non-hydrogen) atoms. The summed E-state index contributed by atoms with van der Waals surface area (Å²) in [6.45, 7) is 14.1. The molecule has 8 aromatic rings. The van der Waals surface area contributed by atoms with E-state index in [-0.39, 0.29) is 7.25 Å². The summed E-state index contributed by atoms with van der Waals surface area (Å²) >= 11 is -5.87. The van der Waals surface area contributed by atoms with Crippen LogP contribution in [0.4, 0.5) is 0 Å². The van der Waals surface area contributed by atoms with Crippen LogP contribution < -0.4 is 13.6 Å². The zero-order chi connectivity index (χ0) is 48.3. The SMILES string of the molecule is CCc1ccc2c(c1-c1ccccc1-c1ccccc1)C=C(CC(C)C)[CH]2[Zr]([Cl])([Cl])([c]1cccc2c1[SiH2]c1ccccc1-2)[CH]1C(CC(C)C)=Cc2c1ccc(CC)c2-c1ccccc1-c1ccccc1. The molecular formula is C66H63Cl2SiZr. The van der Waals surface area contributed by atoms with Gasteiger partial charge in [0.15, 0.2) is 0 Å². The fourth-order valence-corrected chi connectivity index (χ4v) is 41.0. The monoisotopic (exact) mass is 1040 g/mol. The van der Waals surface area contributed by atoms with Gasteiger partial charge in [-0.25, -0.2) is 0 Å². The Hall–Kier alpha value is -5.08. The van der Waals surface area contributed by atoms with Gasteiger partial charge in [0.25, 0.3) is 0 Å². The maximum atomic E-state index is 9.69. The molecule has 0 bridgehead atoms. The van der Waals surface area contributed by atoms with Crippen molar-refractivity contribution in [3.05, 3.63) is 220 Å². The van der Waals surface area contributed by atoms with Crippen molar-refractivity contribution in [1.82, 2.24) is 0 Å². The Morgan fingerprint density at radius 3 is 1.31 bits per heavy atom. The molecule has 0 saturated heterocycles. The Bertz CT molecular complexity index is 3200. The van der Waals surface area contributed by atoms with Crippen LogP contribution in [0, 0.1) is 11.8 Å². The number of rotatable bonds is 13. The van der Waals surface area contributed by atoms with E-state index >= 15 is 0 Å². The Morgan fingerprint density at radius 1 is 0.443 bits per heavy atom. The molecule has 0 fully saturated rings. The molecular weight excluding hydrogens is 983 g/mol. The molecule has 0 radical (unpaired) electrons. The number of allylic oxidation sites excluding steroid dienone is 2. The zero-order valence-electron chi connectivity index (χ0n) is 41.5. The summed E-state index contributed by atoms with van der Waals surface area (Å²) in [5.74, 6) is 0.798. The van der Waals surface area contributed by atoms with Crippen LogP contribution in [0.2, 0.25) is 0 Å². The second-order valence-electron chi connectivity index (χ2n) is 21.1. The van der Waals surface area contributed by atoms with Crippen LogP contribution in [0.5, 0.6) is 0 Å². The van der Waals surface area contributed by atoms with E-state index in [1.807, 2.05) is 0 Å². The van der Waals surface area contributed by atoms with Crippen LogP contribution in [0.15, 0.2) is 187 Å². The first-order valence-corrected chi connectivity index (χ1v) is 37.6. The molecule has 4 heteroatoms. The van der Waals surface area contributed by atoms with Crippen LogP contribution in [0.1, 0.15) is 95.0 Å². The molecule has 1 aliphatic heterocycles. The molecule has 0 spiro atoms. The summed E-state index contributed by atoms with van der Waals surface area (Å²) in [6, 6.07) is 65.9. The van der Waals surface area contributed by atoms with E-state index in [2.05, 4.69) is 230 Å². The molecule has 0 N–H and O–H groups in total. The molecule has 8 aromatic carbocycles.